The number of nitrogen functional groups attached to an aromatic ring is 1. The second-order valence-corrected chi connectivity index (χ2v) is 7.18. The van der Waals surface area contributed by atoms with E-state index in [0.29, 0.717) is 22.1 Å². The number of halogens is 1. The SMILES string of the molecule is CC(CS(C)(=O)=O)n1nnnc1-c1c(N)cccc1Cl. The molecule has 7 nitrogen and oxygen atoms in total. The minimum absolute atomic E-state index is 0.0740. The molecule has 0 radical (unpaired) electrons. The third kappa shape index (κ3) is 3.07. The number of nitrogens with two attached hydrogens (primary N) is 1. The minimum atomic E-state index is -3.15. The lowest BCUT2D eigenvalue weighted by molar-refractivity contribution is 0.509. The highest BCUT2D eigenvalue weighted by Gasteiger charge is 2.21. The highest BCUT2D eigenvalue weighted by molar-refractivity contribution is 7.90. The number of benzene rings is 1. The fourth-order valence-electron chi connectivity index (χ4n) is 1.94. The van der Waals surface area contributed by atoms with Gasteiger partial charge in [-0.3, -0.25) is 0 Å². The molecule has 0 aliphatic rings. The summed E-state index contributed by atoms with van der Waals surface area (Å²) < 4.78 is 24.2. The van der Waals surface area contributed by atoms with Gasteiger partial charge in [0.25, 0.3) is 0 Å². The highest BCUT2D eigenvalue weighted by Crippen LogP contribution is 2.32. The molecule has 2 rings (SSSR count). The Morgan fingerprint density at radius 2 is 2.15 bits per heavy atom. The molecule has 1 unspecified atom stereocenters. The van der Waals surface area contributed by atoms with Gasteiger partial charge in [-0.2, -0.15) is 0 Å². The fourth-order valence-corrected chi connectivity index (χ4v) is 3.22. The number of anilines is 1. The number of nitrogens with zero attached hydrogens (tertiary/aromatic N) is 4. The van der Waals surface area contributed by atoms with Crippen LogP contribution >= 0.6 is 11.6 Å². The maximum atomic E-state index is 11.4. The topological polar surface area (TPSA) is 104 Å². The molecule has 1 atom stereocenters. The highest BCUT2D eigenvalue weighted by atomic mass is 35.5. The third-order valence-electron chi connectivity index (χ3n) is 2.72. The number of hydrogen-bond acceptors (Lipinski definition) is 6. The number of tetrazole rings is 1. The Morgan fingerprint density at radius 3 is 2.75 bits per heavy atom. The van der Waals surface area contributed by atoms with Crippen molar-refractivity contribution in [3.63, 3.8) is 0 Å². The van der Waals surface area contributed by atoms with Crippen molar-refractivity contribution < 1.29 is 8.42 Å². The van der Waals surface area contributed by atoms with E-state index in [1.807, 2.05) is 0 Å². The van der Waals surface area contributed by atoms with Crippen molar-refractivity contribution in [3.8, 4) is 11.4 Å². The molecular weight excluding hydrogens is 302 g/mol. The van der Waals surface area contributed by atoms with E-state index in [2.05, 4.69) is 15.5 Å². The normalized spacial score (nSPS) is 13.3. The van der Waals surface area contributed by atoms with Crippen LogP contribution in [-0.2, 0) is 9.84 Å². The van der Waals surface area contributed by atoms with Gasteiger partial charge in [0, 0.05) is 11.9 Å². The average Bonchev–Trinajstić information content (AvgIpc) is 2.75. The summed E-state index contributed by atoms with van der Waals surface area (Å²) in [5.41, 5.74) is 6.83. The summed E-state index contributed by atoms with van der Waals surface area (Å²) in [5, 5.41) is 11.7. The summed E-state index contributed by atoms with van der Waals surface area (Å²) in [4.78, 5) is 0. The Balaban J connectivity index is 2.48. The number of hydrogen-bond donors (Lipinski definition) is 1. The molecule has 1 aromatic carbocycles. The van der Waals surface area contributed by atoms with E-state index >= 15 is 0 Å². The number of aromatic nitrogens is 4. The third-order valence-corrected chi connectivity index (χ3v) is 4.13. The molecule has 0 bridgehead atoms. The lowest BCUT2D eigenvalue weighted by Crippen LogP contribution is -2.19. The van der Waals surface area contributed by atoms with E-state index in [1.165, 1.54) is 4.68 Å². The van der Waals surface area contributed by atoms with Crippen molar-refractivity contribution in [2.24, 2.45) is 0 Å². The molecule has 9 heteroatoms. The molecule has 0 spiro atoms. The molecule has 0 fully saturated rings. The van der Waals surface area contributed by atoms with E-state index in [1.54, 1.807) is 25.1 Å². The predicted molar refractivity (Wildman–Crippen MR) is 77.1 cm³/mol. The van der Waals surface area contributed by atoms with Gasteiger partial charge in [0.2, 0.25) is 0 Å². The van der Waals surface area contributed by atoms with Gasteiger partial charge in [0.15, 0.2) is 5.82 Å². The molecule has 1 aromatic heterocycles. The quantitative estimate of drug-likeness (QED) is 0.850. The molecule has 2 N–H and O–H groups in total. The van der Waals surface area contributed by atoms with Crippen molar-refractivity contribution in [1.29, 1.82) is 0 Å². The maximum absolute atomic E-state index is 11.4. The van der Waals surface area contributed by atoms with Gasteiger partial charge in [-0.15, -0.1) is 5.10 Å². The monoisotopic (exact) mass is 315 g/mol. The summed E-state index contributed by atoms with van der Waals surface area (Å²) >= 11 is 6.12. The van der Waals surface area contributed by atoms with Crippen LogP contribution in [-0.4, -0.2) is 40.6 Å². The van der Waals surface area contributed by atoms with E-state index < -0.39 is 15.9 Å². The van der Waals surface area contributed by atoms with Crippen molar-refractivity contribution >= 4 is 27.1 Å². The van der Waals surface area contributed by atoms with E-state index in [9.17, 15) is 8.42 Å². The van der Waals surface area contributed by atoms with Crippen LogP contribution in [0.2, 0.25) is 5.02 Å². The lowest BCUT2D eigenvalue weighted by atomic mass is 10.1. The Labute approximate surface area is 121 Å². The first kappa shape index (κ1) is 14.7. The minimum Gasteiger partial charge on any atom is -0.398 e. The zero-order chi connectivity index (χ0) is 14.9. The first-order valence-electron chi connectivity index (χ1n) is 5.79. The van der Waals surface area contributed by atoms with Crippen LogP contribution in [0.3, 0.4) is 0 Å². The average molecular weight is 316 g/mol. The zero-order valence-electron chi connectivity index (χ0n) is 11.0. The Morgan fingerprint density at radius 1 is 1.45 bits per heavy atom. The van der Waals surface area contributed by atoms with Gasteiger partial charge in [0.1, 0.15) is 9.84 Å². The number of sulfone groups is 1. The van der Waals surface area contributed by atoms with Gasteiger partial charge < -0.3 is 5.73 Å². The van der Waals surface area contributed by atoms with Gasteiger partial charge in [-0.05, 0) is 29.5 Å². The summed E-state index contributed by atoms with van der Waals surface area (Å²) in [6.07, 6.45) is 1.16. The molecule has 2 aromatic rings. The number of rotatable bonds is 4. The first-order chi connectivity index (χ1) is 9.29. The molecule has 20 heavy (non-hydrogen) atoms. The lowest BCUT2D eigenvalue weighted by Gasteiger charge is -2.13. The molecular formula is C11H14ClN5O2S. The Hall–Kier alpha value is -1.67. The van der Waals surface area contributed by atoms with Crippen LogP contribution in [0.1, 0.15) is 13.0 Å². The molecule has 1 heterocycles. The van der Waals surface area contributed by atoms with Gasteiger partial charge in [0.05, 0.1) is 22.4 Å². The van der Waals surface area contributed by atoms with E-state index in [0.717, 1.165) is 6.26 Å². The first-order valence-corrected chi connectivity index (χ1v) is 8.23. The molecule has 0 aliphatic carbocycles. The second-order valence-electron chi connectivity index (χ2n) is 4.59. The van der Waals surface area contributed by atoms with Crippen LogP contribution < -0.4 is 5.73 Å². The van der Waals surface area contributed by atoms with Crippen LogP contribution in [0.5, 0.6) is 0 Å². The largest absolute Gasteiger partial charge is 0.398 e. The van der Waals surface area contributed by atoms with Crippen LogP contribution in [0.25, 0.3) is 11.4 Å². The zero-order valence-corrected chi connectivity index (χ0v) is 12.6. The van der Waals surface area contributed by atoms with Gasteiger partial charge >= 0.3 is 0 Å². The Kier molecular flexibility index (Phi) is 3.96. The molecule has 0 amide bonds. The molecule has 0 aliphatic heterocycles. The van der Waals surface area contributed by atoms with Crippen LogP contribution in [0.15, 0.2) is 18.2 Å². The smallest absolute Gasteiger partial charge is 0.185 e. The standard InChI is InChI=1S/C11H14ClN5O2S/c1-7(6-20(2,18)19)17-11(14-15-16-17)10-8(12)4-3-5-9(10)13/h3-5,7H,6,13H2,1-2H3. The van der Waals surface area contributed by atoms with E-state index in [-0.39, 0.29) is 5.75 Å². The van der Waals surface area contributed by atoms with Crippen LogP contribution in [0.4, 0.5) is 5.69 Å². The van der Waals surface area contributed by atoms with E-state index in [4.69, 9.17) is 17.3 Å². The van der Waals surface area contributed by atoms with Crippen molar-refractivity contribution in [1.82, 2.24) is 20.2 Å². The summed E-state index contributed by atoms with van der Waals surface area (Å²) in [6, 6.07) is 4.65. The molecule has 108 valence electrons. The second kappa shape index (κ2) is 5.37. The maximum Gasteiger partial charge on any atom is 0.185 e. The fraction of sp³-hybridized carbons (Fsp3) is 0.364. The summed E-state index contributed by atoms with van der Waals surface area (Å²) in [6.45, 7) is 1.72. The summed E-state index contributed by atoms with van der Waals surface area (Å²) in [7, 11) is -3.15. The predicted octanol–water partition coefficient (Wildman–Crippen LogP) is 1.18. The Bertz CT molecular complexity index is 708. The van der Waals surface area contributed by atoms with Gasteiger partial charge in [-0.1, -0.05) is 17.7 Å². The van der Waals surface area contributed by atoms with Crippen LogP contribution in [0, 0.1) is 0 Å². The van der Waals surface area contributed by atoms with Crippen molar-refractivity contribution in [3.05, 3.63) is 23.2 Å². The van der Waals surface area contributed by atoms with Crippen molar-refractivity contribution in [2.45, 2.75) is 13.0 Å². The van der Waals surface area contributed by atoms with Crippen molar-refractivity contribution in [2.75, 3.05) is 17.7 Å². The van der Waals surface area contributed by atoms with Gasteiger partial charge in [-0.25, -0.2) is 13.1 Å². The molecule has 0 saturated heterocycles. The summed E-state index contributed by atoms with van der Waals surface area (Å²) in [5.74, 6) is 0.277. The molecule has 0 saturated carbocycles.